The molecule has 0 saturated heterocycles. The predicted molar refractivity (Wildman–Crippen MR) is 156 cm³/mol. The summed E-state index contributed by atoms with van der Waals surface area (Å²) in [5.74, 6) is -0.925. The predicted octanol–water partition coefficient (Wildman–Crippen LogP) is 5.67. The molecule has 0 spiro atoms. The van der Waals surface area contributed by atoms with Crippen molar-refractivity contribution < 1.29 is 14.4 Å². The first-order valence-electron chi connectivity index (χ1n) is 12.9. The van der Waals surface area contributed by atoms with Gasteiger partial charge in [-0.2, -0.15) is 0 Å². The molecule has 3 aromatic carbocycles. The highest BCUT2D eigenvalue weighted by atomic mass is 35.5. The summed E-state index contributed by atoms with van der Waals surface area (Å²) in [6.07, 6.45) is 0. The number of aromatic nitrogens is 1. The first-order chi connectivity index (χ1) is 18.9. The number of anilines is 1. The maximum absolute atomic E-state index is 14.3. The molecule has 2 N–H and O–H groups in total. The lowest BCUT2D eigenvalue weighted by atomic mass is 10.0. The number of amides is 3. The number of aromatic amines is 1. The van der Waals surface area contributed by atoms with Crippen LogP contribution in [0.2, 0.25) is 5.02 Å². The monoisotopic (exact) mass is 560 g/mol. The molecule has 3 amide bonds. The van der Waals surface area contributed by atoms with Gasteiger partial charge in [0, 0.05) is 33.9 Å². The fraction of sp³-hybridized carbons (Fsp3) is 0.233. The third-order valence-electron chi connectivity index (χ3n) is 6.90. The zero-order valence-electron chi connectivity index (χ0n) is 21.7. The second-order valence-corrected chi connectivity index (χ2v) is 10.9. The van der Waals surface area contributed by atoms with Crippen LogP contribution in [0.25, 0.3) is 10.9 Å². The molecule has 0 aliphatic carbocycles. The summed E-state index contributed by atoms with van der Waals surface area (Å²) in [6.45, 7) is 4.74. The zero-order valence-corrected chi connectivity index (χ0v) is 23.3. The van der Waals surface area contributed by atoms with Crippen LogP contribution in [0.5, 0.6) is 0 Å². The van der Waals surface area contributed by atoms with E-state index >= 15 is 0 Å². The van der Waals surface area contributed by atoms with Gasteiger partial charge in [0.05, 0.1) is 10.9 Å². The number of nitrogens with one attached hydrogen (secondary N) is 2. The van der Waals surface area contributed by atoms with Gasteiger partial charge in [-0.15, -0.1) is 11.8 Å². The Hall–Kier alpha value is -3.75. The summed E-state index contributed by atoms with van der Waals surface area (Å²) in [6, 6.07) is 23.3. The smallest absolute Gasteiger partial charge is 0.268 e. The molecule has 200 valence electrons. The minimum atomic E-state index is -0.952. The second-order valence-electron chi connectivity index (χ2n) is 9.27. The number of fused-ring (bicyclic) bond motifs is 2. The number of hydrogen-bond acceptors (Lipinski definition) is 4. The Morgan fingerprint density at radius 1 is 1.00 bits per heavy atom. The van der Waals surface area contributed by atoms with Gasteiger partial charge in [0.2, 0.25) is 5.91 Å². The first-order valence-corrected chi connectivity index (χ1v) is 14.1. The van der Waals surface area contributed by atoms with Gasteiger partial charge in [-0.1, -0.05) is 60.1 Å². The van der Waals surface area contributed by atoms with Crippen molar-refractivity contribution in [2.45, 2.75) is 30.0 Å². The van der Waals surface area contributed by atoms with Crippen LogP contribution >= 0.6 is 23.4 Å². The van der Waals surface area contributed by atoms with Gasteiger partial charge in [-0.05, 0) is 49.7 Å². The number of para-hydroxylation sites is 1. The summed E-state index contributed by atoms with van der Waals surface area (Å²) in [5, 5.41) is 3.97. The van der Waals surface area contributed by atoms with Gasteiger partial charge >= 0.3 is 0 Å². The van der Waals surface area contributed by atoms with Crippen LogP contribution in [0.1, 0.15) is 35.1 Å². The minimum absolute atomic E-state index is 0.143. The van der Waals surface area contributed by atoms with Crippen LogP contribution in [0.3, 0.4) is 0 Å². The van der Waals surface area contributed by atoms with E-state index in [-0.39, 0.29) is 18.4 Å². The molecule has 0 bridgehead atoms. The Kier molecular flexibility index (Phi) is 7.95. The van der Waals surface area contributed by atoms with Gasteiger partial charge in [0.1, 0.15) is 18.3 Å². The molecule has 5 rings (SSSR count). The number of halogens is 1. The number of thioether (sulfide) groups is 1. The van der Waals surface area contributed by atoms with Crippen LogP contribution in [-0.4, -0.2) is 53.3 Å². The Morgan fingerprint density at radius 3 is 2.44 bits per heavy atom. The summed E-state index contributed by atoms with van der Waals surface area (Å²) >= 11 is 7.84. The quantitative estimate of drug-likeness (QED) is 0.305. The van der Waals surface area contributed by atoms with Crippen molar-refractivity contribution in [2.75, 3.05) is 24.5 Å². The lowest BCUT2D eigenvalue weighted by Crippen LogP contribution is -2.53. The molecule has 1 aliphatic heterocycles. The number of benzene rings is 3. The molecule has 2 atom stereocenters. The number of H-pyrrole nitrogens is 1. The number of likely N-dealkylation sites (N-methyl/N-ethyl adjacent to an activating group) is 1. The molecule has 0 saturated carbocycles. The highest BCUT2D eigenvalue weighted by Gasteiger charge is 2.40. The van der Waals surface area contributed by atoms with Gasteiger partial charge < -0.3 is 20.1 Å². The highest BCUT2D eigenvalue weighted by molar-refractivity contribution is 7.99. The van der Waals surface area contributed by atoms with Crippen LogP contribution < -0.4 is 10.2 Å². The molecule has 7 nitrogen and oxygen atoms in total. The second kappa shape index (κ2) is 11.6. The summed E-state index contributed by atoms with van der Waals surface area (Å²) < 4.78 is 0. The van der Waals surface area contributed by atoms with Crippen molar-refractivity contribution in [3.8, 4) is 0 Å². The van der Waals surface area contributed by atoms with Gasteiger partial charge in [-0.3, -0.25) is 14.4 Å². The van der Waals surface area contributed by atoms with Crippen LogP contribution in [0.15, 0.2) is 83.8 Å². The fourth-order valence-corrected chi connectivity index (χ4v) is 6.47. The Bertz CT molecular complexity index is 1490. The van der Waals surface area contributed by atoms with E-state index in [9.17, 15) is 14.4 Å². The topological polar surface area (TPSA) is 85.5 Å². The maximum Gasteiger partial charge on any atom is 0.268 e. The van der Waals surface area contributed by atoms with E-state index in [4.69, 9.17) is 11.6 Å². The number of nitrogens with zero attached hydrogens (tertiary/aromatic N) is 2. The molecular formula is C30H29ClN4O3S. The molecule has 9 heteroatoms. The average molecular weight is 561 g/mol. The van der Waals surface area contributed by atoms with Gasteiger partial charge in [-0.25, -0.2) is 0 Å². The lowest BCUT2D eigenvalue weighted by molar-refractivity contribution is -0.131. The van der Waals surface area contributed by atoms with Crippen molar-refractivity contribution in [1.82, 2.24) is 15.2 Å². The van der Waals surface area contributed by atoms with E-state index in [1.807, 2.05) is 74.5 Å². The van der Waals surface area contributed by atoms with Crippen molar-refractivity contribution in [1.29, 1.82) is 0 Å². The molecule has 1 aromatic heterocycles. The SMILES string of the molecule is CCN(CC)C(=O)CN1C(=O)[C@@H](NC(=O)c2cc3ccccc3[nH]2)[C@H](c2ccccc2)Sc2cc(Cl)ccc21. The molecule has 39 heavy (non-hydrogen) atoms. The van der Waals surface area contributed by atoms with E-state index in [0.29, 0.717) is 29.5 Å². The summed E-state index contributed by atoms with van der Waals surface area (Å²) in [7, 11) is 0. The van der Waals surface area contributed by atoms with E-state index < -0.39 is 17.2 Å². The summed E-state index contributed by atoms with van der Waals surface area (Å²) in [4.78, 5) is 48.2. The van der Waals surface area contributed by atoms with Crippen molar-refractivity contribution in [3.63, 3.8) is 0 Å². The van der Waals surface area contributed by atoms with Gasteiger partial charge in [0.15, 0.2) is 0 Å². The Balaban J connectivity index is 1.57. The normalized spacial score (nSPS) is 17.0. The van der Waals surface area contributed by atoms with Crippen LogP contribution in [-0.2, 0) is 9.59 Å². The molecular weight excluding hydrogens is 532 g/mol. The fourth-order valence-electron chi connectivity index (χ4n) is 4.86. The molecule has 0 fully saturated rings. The van der Waals surface area contributed by atoms with Gasteiger partial charge in [0.25, 0.3) is 11.8 Å². The Labute approximate surface area is 236 Å². The molecule has 2 heterocycles. The Morgan fingerprint density at radius 2 is 1.72 bits per heavy atom. The van der Waals surface area contributed by atoms with Crippen molar-refractivity contribution in [2.24, 2.45) is 0 Å². The maximum atomic E-state index is 14.3. The lowest BCUT2D eigenvalue weighted by Gasteiger charge is -2.30. The average Bonchev–Trinajstić information content (AvgIpc) is 3.35. The standard InChI is InChI=1S/C30H29ClN4O3S/c1-3-34(4-2)26(36)18-35-24-15-14-21(31)17-25(24)39-28(19-10-6-5-7-11-19)27(30(35)38)33-29(37)23-16-20-12-8-9-13-22(20)32-23/h5-17,27-28,32H,3-4,18H2,1-2H3,(H,33,37)/t27-,28-/m0/s1. The molecule has 1 aliphatic rings. The van der Waals surface area contributed by atoms with E-state index in [1.54, 1.807) is 23.1 Å². The van der Waals surface area contributed by atoms with E-state index in [0.717, 1.165) is 21.4 Å². The molecule has 0 unspecified atom stereocenters. The number of rotatable bonds is 7. The van der Waals surface area contributed by atoms with E-state index in [1.165, 1.54) is 16.7 Å². The highest BCUT2D eigenvalue weighted by Crippen LogP contribution is 2.46. The van der Waals surface area contributed by atoms with Crippen molar-refractivity contribution in [3.05, 3.63) is 95.1 Å². The van der Waals surface area contributed by atoms with Crippen LogP contribution in [0, 0.1) is 0 Å². The molecule has 4 aromatic rings. The van der Waals surface area contributed by atoms with Crippen molar-refractivity contribution >= 4 is 57.7 Å². The number of hydrogen-bond donors (Lipinski definition) is 2. The van der Waals surface area contributed by atoms with Crippen LogP contribution in [0.4, 0.5) is 5.69 Å². The van der Waals surface area contributed by atoms with E-state index in [2.05, 4.69) is 10.3 Å². The summed E-state index contributed by atoms with van der Waals surface area (Å²) in [5.41, 5.74) is 2.66. The molecule has 0 radical (unpaired) electrons. The number of carbonyl (C=O) groups excluding carboxylic acids is 3. The third kappa shape index (κ3) is 5.53. The minimum Gasteiger partial charge on any atom is -0.351 e. The number of carbonyl (C=O) groups is 3. The zero-order chi connectivity index (χ0) is 27.5. The largest absolute Gasteiger partial charge is 0.351 e. The third-order valence-corrected chi connectivity index (χ3v) is 8.51. The first kappa shape index (κ1) is 26.8.